The monoisotopic (exact) mass is 201 g/mol. The summed E-state index contributed by atoms with van der Waals surface area (Å²) in [6.45, 7) is 2.92. The van der Waals surface area contributed by atoms with Gasteiger partial charge in [0.15, 0.2) is 0 Å². The van der Waals surface area contributed by atoms with Gasteiger partial charge in [-0.15, -0.1) is 0 Å². The first-order chi connectivity index (χ1) is 5.19. The van der Waals surface area contributed by atoms with Gasteiger partial charge < -0.3 is 5.32 Å². The Kier molecular flexibility index (Phi) is 3.44. The number of rotatable bonds is 2. The largest absolute Gasteiger partial charge is 0.471 e. The molecule has 0 aliphatic rings. The van der Waals surface area contributed by atoms with Crippen LogP contribution in [0.1, 0.15) is 13.8 Å². The molecule has 0 spiro atoms. The second-order valence-corrected chi connectivity index (χ2v) is 3.31. The molecule has 0 saturated heterocycles. The average Bonchev–Trinajstić information content (AvgIpc) is 1.85. The molecule has 0 saturated carbocycles. The second kappa shape index (κ2) is 3.55. The summed E-state index contributed by atoms with van der Waals surface area (Å²) in [5, 5.41) is 1.81. The minimum atomic E-state index is -4.82. The van der Waals surface area contributed by atoms with E-state index in [-0.39, 0.29) is 5.75 Å². The Morgan fingerprint density at radius 1 is 1.42 bits per heavy atom. The Labute approximate surface area is 73.9 Å². The lowest BCUT2D eigenvalue weighted by atomic mass is 10.1. The molecular formula is C6H10F3NOS. The van der Waals surface area contributed by atoms with Crippen molar-refractivity contribution in [2.24, 2.45) is 0 Å². The predicted octanol–water partition coefficient (Wildman–Crippen LogP) is 1.37. The van der Waals surface area contributed by atoms with E-state index in [4.69, 9.17) is 0 Å². The van der Waals surface area contributed by atoms with Gasteiger partial charge in [0.05, 0.1) is 0 Å². The summed E-state index contributed by atoms with van der Waals surface area (Å²) in [7, 11) is 0. The molecule has 0 aliphatic carbocycles. The lowest BCUT2D eigenvalue weighted by molar-refractivity contribution is -0.175. The van der Waals surface area contributed by atoms with E-state index in [0.717, 1.165) is 0 Å². The number of carbonyl (C=O) groups is 1. The smallest absolute Gasteiger partial charge is 0.343 e. The fourth-order valence-electron chi connectivity index (χ4n) is 0.418. The Balaban J connectivity index is 4.20. The number of hydrogen-bond acceptors (Lipinski definition) is 2. The number of amides is 1. The number of hydrogen-bond donors (Lipinski definition) is 2. The maximum Gasteiger partial charge on any atom is 0.471 e. The topological polar surface area (TPSA) is 29.1 Å². The van der Waals surface area contributed by atoms with Crippen molar-refractivity contribution >= 4 is 18.5 Å². The number of thiol groups is 1. The Hall–Kier alpha value is -0.390. The van der Waals surface area contributed by atoms with E-state index in [2.05, 4.69) is 12.6 Å². The quantitative estimate of drug-likeness (QED) is 0.649. The van der Waals surface area contributed by atoms with Crippen LogP contribution in [0.3, 0.4) is 0 Å². The number of carbonyl (C=O) groups excluding carboxylic acids is 1. The summed E-state index contributed by atoms with van der Waals surface area (Å²) in [6, 6.07) is 0. The third kappa shape index (κ3) is 3.85. The fourth-order valence-corrected chi connectivity index (χ4v) is 0.497. The molecule has 72 valence electrons. The van der Waals surface area contributed by atoms with E-state index >= 15 is 0 Å². The third-order valence-electron chi connectivity index (χ3n) is 1.10. The van der Waals surface area contributed by atoms with Crippen LogP contribution in [0.25, 0.3) is 0 Å². The van der Waals surface area contributed by atoms with Crippen LogP contribution >= 0.6 is 12.6 Å². The zero-order valence-electron chi connectivity index (χ0n) is 6.70. The molecule has 0 unspecified atom stereocenters. The number of nitrogens with one attached hydrogen (secondary N) is 1. The van der Waals surface area contributed by atoms with Crippen LogP contribution in [0, 0.1) is 0 Å². The summed E-state index contributed by atoms with van der Waals surface area (Å²) < 4.78 is 35.0. The van der Waals surface area contributed by atoms with E-state index in [1.54, 1.807) is 5.32 Å². The zero-order valence-corrected chi connectivity index (χ0v) is 7.59. The minimum absolute atomic E-state index is 0.148. The Morgan fingerprint density at radius 2 is 1.83 bits per heavy atom. The molecule has 0 aromatic heterocycles. The van der Waals surface area contributed by atoms with Gasteiger partial charge in [-0.2, -0.15) is 25.8 Å². The summed E-state index contributed by atoms with van der Waals surface area (Å²) >= 11 is 3.79. The van der Waals surface area contributed by atoms with Gasteiger partial charge in [-0.05, 0) is 13.8 Å². The van der Waals surface area contributed by atoms with Crippen LogP contribution in [0.2, 0.25) is 0 Å². The van der Waals surface area contributed by atoms with Crippen molar-refractivity contribution in [1.82, 2.24) is 5.32 Å². The molecule has 0 atom stereocenters. The lowest BCUT2D eigenvalue weighted by Crippen LogP contribution is -2.50. The van der Waals surface area contributed by atoms with Crippen molar-refractivity contribution in [3.05, 3.63) is 0 Å². The van der Waals surface area contributed by atoms with Gasteiger partial charge in [-0.3, -0.25) is 4.79 Å². The zero-order chi connectivity index (χ0) is 9.99. The van der Waals surface area contributed by atoms with E-state index < -0.39 is 17.6 Å². The number of halogens is 3. The highest BCUT2D eigenvalue weighted by atomic mass is 32.1. The first-order valence-corrected chi connectivity index (χ1v) is 3.82. The van der Waals surface area contributed by atoms with Crippen LogP contribution in [-0.4, -0.2) is 23.4 Å². The predicted molar refractivity (Wildman–Crippen MR) is 42.1 cm³/mol. The first kappa shape index (κ1) is 11.6. The summed E-state index contributed by atoms with van der Waals surface area (Å²) in [5.41, 5.74) is -0.935. The van der Waals surface area contributed by atoms with Crippen LogP contribution < -0.4 is 5.32 Å². The van der Waals surface area contributed by atoms with Gasteiger partial charge in [0.25, 0.3) is 0 Å². The van der Waals surface area contributed by atoms with E-state index in [1.165, 1.54) is 13.8 Å². The molecule has 0 rings (SSSR count). The average molecular weight is 201 g/mol. The van der Waals surface area contributed by atoms with Gasteiger partial charge in [0, 0.05) is 11.3 Å². The van der Waals surface area contributed by atoms with E-state index in [9.17, 15) is 18.0 Å². The molecular weight excluding hydrogens is 191 g/mol. The maximum absolute atomic E-state index is 11.7. The third-order valence-corrected chi connectivity index (χ3v) is 1.90. The lowest BCUT2D eigenvalue weighted by Gasteiger charge is -2.24. The molecule has 0 aromatic rings. The molecule has 0 aromatic carbocycles. The number of alkyl halides is 3. The highest BCUT2D eigenvalue weighted by Gasteiger charge is 2.40. The van der Waals surface area contributed by atoms with Gasteiger partial charge >= 0.3 is 12.1 Å². The molecule has 2 nitrogen and oxygen atoms in total. The van der Waals surface area contributed by atoms with E-state index in [1.807, 2.05) is 0 Å². The van der Waals surface area contributed by atoms with Crippen molar-refractivity contribution in [3.63, 3.8) is 0 Å². The highest BCUT2D eigenvalue weighted by Crippen LogP contribution is 2.16. The molecule has 0 radical (unpaired) electrons. The SMILES string of the molecule is CC(C)(CS)NC(=O)C(F)(F)F. The second-order valence-electron chi connectivity index (χ2n) is 2.99. The highest BCUT2D eigenvalue weighted by molar-refractivity contribution is 7.80. The molecule has 0 aliphatic heterocycles. The molecule has 12 heavy (non-hydrogen) atoms. The van der Waals surface area contributed by atoms with Gasteiger partial charge in [0.1, 0.15) is 0 Å². The van der Waals surface area contributed by atoms with Gasteiger partial charge in [-0.25, -0.2) is 0 Å². The van der Waals surface area contributed by atoms with Crippen LogP contribution in [0.4, 0.5) is 13.2 Å². The van der Waals surface area contributed by atoms with Crippen LogP contribution in [0.5, 0.6) is 0 Å². The van der Waals surface area contributed by atoms with E-state index in [0.29, 0.717) is 0 Å². The maximum atomic E-state index is 11.7. The molecule has 1 amide bonds. The van der Waals surface area contributed by atoms with Crippen molar-refractivity contribution in [2.75, 3.05) is 5.75 Å². The molecule has 1 N–H and O–H groups in total. The van der Waals surface area contributed by atoms with Crippen LogP contribution in [-0.2, 0) is 4.79 Å². The molecule has 0 heterocycles. The molecule has 0 fully saturated rings. The first-order valence-electron chi connectivity index (χ1n) is 3.19. The minimum Gasteiger partial charge on any atom is -0.343 e. The van der Waals surface area contributed by atoms with Gasteiger partial charge in [0.2, 0.25) is 0 Å². The van der Waals surface area contributed by atoms with Gasteiger partial charge in [-0.1, -0.05) is 0 Å². The Morgan fingerprint density at radius 3 is 2.08 bits per heavy atom. The summed E-state index contributed by atoms with van der Waals surface area (Å²) in [4.78, 5) is 10.4. The van der Waals surface area contributed by atoms with Crippen molar-refractivity contribution in [2.45, 2.75) is 25.6 Å². The summed E-state index contributed by atoms with van der Waals surface area (Å²) in [5.74, 6) is -1.78. The normalized spacial score (nSPS) is 12.8. The Bertz CT molecular complexity index is 178. The van der Waals surface area contributed by atoms with Crippen molar-refractivity contribution in [3.8, 4) is 0 Å². The van der Waals surface area contributed by atoms with Crippen molar-refractivity contribution in [1.29, 1.82) is 0 Å². The fraction of sp³-hybridized carbons (Fsp3) is 0.833. The molecule has 0 bridgehead atoms. The summed E-state index contributed by atoms with van der Waals surface area (Å²) in [6.07, 6.45) is -4.82. The van der Waals surface area contributed by atoms with Crippen molar-refractivity contribution < 1.29 is 18.0 Å². The standard InChI is InChI=1S/C6H10F3NOS/c1-5(2,3-12)10-4(11)6(7,8)9/h12H,3H2,1-2H3,(H,10,11). The molecule has 6 heteroatoms. The van der Waals surface area contributed by atoms with Crippen LogP contribution in [0.15, 0.2) is 0 Å².